The number of H-pyrrole nitrogens is 1. The molecule has 7 nitrogen and oxygen atoms in total. The third-order valence-corrected chi connectivity index (χ3v) is 3.20. The van der Waals surface area contributed by atoms with Crippen LogP contribution in [0.1, 0.15) is 11.7 Å². The average molecular weight is 287 g/mol. The van der Waals surface area contributed by atoms with Crippen molar-refractivity contribution in [2.24, 2.45) is 0 Å². The number of aliphatic hydroxyl groups is 2. The summed E-state index contributed by atoms with van der Waals surface area (Å²) in [5, 5.41) is 20.4. The second kappa shape index (κ2) is 5.42. The topological polar surface area (TPSA) is 123 Å². The average Bonchev–Trinajstić information content (AvgIpc) is 2.78. The highest BCUT2D eigenvalue weighted by Gasteiger charge is 2.25. The van der Waals surface area contributed by atoms with Crippen LogP contribution in [0.5, 0.6) is 0 Å². The van der Waals surface area contributed by atoms with E-state index in [1.807, 2.05) is 12.1 Å². The number of benzene rings is 1. The van der Waals surface area contributed by atoms with Gasteiger partial charge in [-0.2, -0.15) is 0 Å². The molecule has 0 spiro atoms. The van der Waals surface area contributed by atoms with Crippen molar-refractivity contribution in [3.8, 4) is 0 Å². The zero-order chi connectivity index (χ0) is 14.0. The van der Waals surface area contributed by atoms with Crippen molar-refractivity contribution < 1.29 is 29.1 Å². The molecule has 8 heteroatoms. The predicted molar refractivity (Wildman–Crippen MR) is 67.3 cm³/mol. The predicted octanol–water partition coefficient (Wildman–Crippen LogP) is 0.671. The Balaban J connectivity index is 2.15. The minimum atomic E-state index is -4.66. The summed E-state index contributed by atoms with van der Waals surface area (Å²) in [6.07, 6.45) is -1.20. The number of rotatable bonds is 5. The zero-order valence-electron chi connectivity index (χ0n) is 9.80. The van der Waals surface area contributed by atoms with Gasteiger partial charge in [0.1, 0.15) is 12.2 Å². The molecular formula is C11H14NO6P. The van der Waals surface area contributed by atoms with E-state index in [0.29, 0.717) is 5.56 Å². The Morgan fingerprint density at radius 1 is 1.26 bits per heavy atom. The Morgan fingerprint density at radius 3 is 2.63 bits per heavy atom. The summed E-state index contributed by atoms with van der Waals surface area (Å²) in [5.41, 5.74) is 1.23. The summed E-state index contributed by atoms with van der Waals surface area (Å²) in [4.78, 5) is 20.0. The Hall–Kier alpha value is -1.21. The third kappa shape index (κ3) is 3.42. The van der Waals surface area contributed by atoms with Gasteiger partial charge in [-0.3, -0.25) is 4.52 Å². The molecule has 0 aliphatic heterocycles. The standard InChI is InChI=1S/C11H14NO6P/c13-10(6-18-19(15,16)17)11(14)8-5-12-9-4-2-1-3-7(8)9/h1-5,10-14H,6H2,(H2,15,16,17)/t10-,11-/m0/s1. The molecule has 5 N–H and O–H groups in total. The van der Waals surface area contributed by atoms with E-state index in [1.165, 1.54) is 6.20 Å². The van der Waals surface area contributed by atoms with E-state index in [-0.39, 0.29) is 0 Å². The van der Waals surface area contributed by atoms with Gasteiger partial charge in [0.05, 0.1) is 6.61 Å². The van der Waals surface area contributed by atoms with Crippen molar-refractivity contribution in [2.75, 3.05) is 6.61 Å². The van der Waals surface area contributed by atoms with Crippen LogP contribution in [0.25, 0.3) is 10.9 Å². The van der Waals surface area contributed by atoms with Crippen LogP contribution in [0.15, 0.2) is 30.5 Å². The third-order valence-electron chi connectivity index (χ3n) is 2.72. The summed E-state index contributed by atoms with van der Waals surface area (Å²) >= 11 is 0. The molecule has 0 radical (unpaired) electrons. The van der Waals surface area contributed by atoms with Gasteiger partial charge in [0, 0.05) is 22.7 Å². The van der Waals surface area contributed by atoms with E-state index >= 15 is 0 Å². The molecule has 104 valence electrons. The normalized spacial score (nSPS) is 15.6. The molecule has 0 saturated heterocycles. The number of nitrogens with one attached hydrogen (secondary N) is 1. The number of para-hydroxylation sites is 1. The molecule has 1 aromatic heterocycles. The Morgan fingerprint density at radius 2 is 1.95 bits per heavy atom. The Bertz CT molecular complexity index is 606. The van der Waals surface area contributed by atoms with Crippen LogP contribution in [0.3, 0.4) is 0 Å². The minimum absolute atomic E-state index is 0.442. The molecule has 2 aromatic rings. The van der Waals surface area contributed by atoms with E-state index < -0.39 is 26.6 Å². The second-order valence-electron chi connectivity index (χ2n) is 4.09. The highest BCUT2D eigenvalue weighted by molar-refractivity contribution is 7.46. The highest BCUT2D eigenvalue weighted by atomic mass is 31.2. The van der Waals surface area contributed by atoms with E-state index in [1.54, 1.807) is 12.1 Å². The van der Waals surface area contributed by atoms with Gasteiger partial charge >= 0.3 is 7.82 Å². The van der Waals surface area contributed by atoms with Crippen LogP contribution < -0.4 is 0 Å². The first kappa shape index (κ1) is 14.2. The molecule has 0 bridgehead atoms. The number of hydrogen-bond acceptors (Lipinski definition) is 4. The van der Waals surface area contributed by atoms with Crippen molar-refractivity contribution in [3.63, 3.8) is 0 Å². The first-order valence-corrected chi connectivity index (χ1v) is 7.04. The molecule has 2 atom stereocenters. The fourth-order valence-corrected chi connectivity index (χ4v) is 2.16. The maximum absolute atomic E-state index is 10.5. The van der Waals surface area contributed by atoms with Crippen LogP contribution >= 0.6 is 7.82 Å². The first-order valence-electron chi connectivity index (χ1n) is 5.51. The minimum Gasteiger partial charge on any atom is -0.388 e. The van der Waals surface area contributed by atoms with Crippen LogP contribution in [0.4, 0.5) is 0 Å². The maximum Gasteiger partial charge on any atom is 0.469 e. The molecule has 0 fully saturated rings. The van der Waals surface area contributed by atoms with Gasteiger partial charge in [0.15, 0.2) is 0 Å². The molecule has 2 rings (SSSR count). The lowest BCUT2D eigenvalue weighted by Crippen LogP contribution is -2.23. The van der Waals surface area contributed by atoms with E-state index in [0.717, 1.165) is 10.9 Å². The SMILES string of the molecule is O=P(O)(O)OC[C@H](O)[C@@H](O)c1c[nH]c2ccccc12. The molecular weight excluding hydrogens is 273 g/mol. The number of phosphoric acid groups is 1. The van der Waals surface area contributed by atoms with Gasteiger partial charge in [-0.05, 0) is 6.07 Å². The zero-order valence-corrected chi connectivity index (χ0v) is 10.7. The molecule has 0 amide bonds. The lowest BCUT2D eigenvalue weighted by molar-refractivity contribution is -0.0143. The molecule has 0 aliphatic rings. The van der Waals surface area contributed by atoms with Crippen LogP contribution in [-0.4, -0.2) is 37.7 Å². The summed E-state index contributed by atoms with van der Waals surface area (Å²) in [6.45, 7) is -0.662. The molecule has 1 aromatic carbocycles. The van der Waals surface area contributed by atoms with Crippen LogP contribution in [0.2, 0.25) is 0 Å². The Kier molecular flexibility index (Phi) is 4.05. The summed E-state index contributed by atoms with van der Waals surface area (Å²) in [7, 11) is -4.66. The van der Waals surface area contributed by atoms with Gasteiger partial charge in [-0.1, -0.05) is 18.2 Å². The first-order chi connectivity index (χ1) is 8.88. The van der Waals surface area contributed by atoms with Crippen molar-refractivity contribution in [2.45, 2.75) is 12.2 Å². The fourth-order valence-electron chi connectivity index (χ4n) is 1.81. The quantitative estimate of drug-likeness (QED) is 0.515. The van der Waals surface area contributed by atoms with Gasteiger partial charge in [-0.15, -0.1) is 0 Å². The number of phosphoric ester groups is 1. The van der Waals surface area contributed by atoms with Crippen molar-refractivity contribution in [1.82, 2.24) is 4.98 Å². The van der Waals surface area contributed by atoms with Crippen molar-refractivity contribution >= 4 is 18.7 Å². The lowest BCUT2D eigenvalue weighted by Gasteiger charge is -2.17. The lowest BCUT2D eigenvalue weighted by atomic mass is 10.0. The van der Waals surface area contributed by atoms with Crippen LogP contribution in [0, 0.1) is 0 Å². The summed E-state index contributed by atoms with van der Waals surface area (Å²) < 4.78 is 14.7. The summed E-state index contributed by atoms with van der Waals surface area (Å²) in [6, 6.07) is 7.18. The van der Waals surface area contributed by atoms with Gasteiger partial charge in [0.2, 0.25) is 0 Å². The highest BCUT2D eigenvalue weighted by Crippen LogP contribution is 2.36. The maximum atomic E-state index is 10.5. The fraction of sp³-hybridized carbons (Fsp3) is 0.273. The van der Waals surface area contributed by atoms with Crippen LogP contribution in [-0.2, 0) is 9.09 Å². The van der Waals surface area contributed by atoms with Gasteiger partial charge < -0.3 is 25.0 Å². The smallest absolute Gasteiger partial charge is 0.388 e. The number of hydrogen-bond donors (Lipinski definition) is 5. The number of fused-ring (bicyclic) bond motifs is 1. The molecule has 0 saturated carbocycles. The molecule has 1 heterocycles. The molecule has 0 unspecified atom stereocenters. The van der Waals surface area contributed by atoms with E-state index in [4.69, 9.17) is 9.79 Å². The van der Waals surface area contributed by atoms with E-state index in [9.17, 15) is 14.8 Å². The second-order valence-corrected chi connectivity index (χ2v) is 5.33. The number of aromatic amines is 1. The van der Waals surface area contributed by atoms with Gasteiger partial charge in [-0.25, -0.2) is 4.57 Å². The largest absolute Gasteiger partial charge is 0.469 e. The summed E-state index contributed by atoms with van der Waals surface area (Å²) in [5.74, 6) is 0. The van der Waals surface area contributed by atoms with Gasteiger partial charge in [0.25, 0.3) is 0 Å². The molecule has 19 heavy (non-hydrogen) atoms. The number of aliphatic hydroxyl groups excluding tert-OH is 2. The molecule has 0 aliphatic carbocycles. The van der Waals surface area contributed by atoms with E-state index in [2.05, 4.69) is 9.51 Å². The Labute approximate surface area is 108 Å². The van der Waals surface area contributed by atoms with Crippen molar-refractivity contribution in [1.29, 1.82) is 0 Å². The monoisotopic (exact) mass is 287 g/mol. The number of aromatic nitrogens is 1. The van der Waals surface area contributed by atoms with Crippen molar-refractivity contribution in [3.05, 3.63) is 36.0 Å².